The first-order valence-corrected chi connectivity index (χ1v) is 9.59. The van der Waals surface area contributed by atoms with Gasteiger partial charge in [-0.1, -0.05) is 69.6 Å². The van der Waals surface area contributed by atoms with Crippen molar-refractivity contribution in [2.75, 3.05) is 0 Å². The Kier molecular flexibility index (Phi) is 4.82. The van der Waals surface area contributed by atoms with E-state index >= 15 is 0 Å². The summed E-state index contributed by atoms with van der Waals surface area (Å²) in [5, 5.41) is 8.56. The molecule has 0 fully saturated rings. The summed E-state index contributed by atoms with van der Waals surface area (Å²) >= 11 is 3.48. The average molecular weight is 413 g/mol. The van der Waals surface area contributed by atoms with Crippen molar-refractivity contribution in [1.29, 1.82) is 0 Å². The fraction of sp³-hybridized carbons (Fsp3) is 0.364. The van der Waals surface area contributed by atoms with Crippen LogP contribution < -0.4 is 0 Å². The third kappa shape index (κ3) is 4.07. The smallest absolute Gasteiger partial charge is 0.248 e. The summed E-state index contributed by atoms with van der Waals surface area (Å²) < 4.78 is 6.99. The summed E-state index contributed by atoms with van der Waals surface area (Å²) in [5.74, 6) is 1.08. The molecule has 3 aromatic rings. The summed E-state index contributed by atoms with van der Waals surface area (Å²) in [4.78, 5) is 0. The minimum absolute atomic E-state index is 0.0448. The number of benzene rings is 2. The van der Waals surface area contributed by atoms with E-state index in [0.29, 0.717) is 11.8 Å². The zero-order valence-electron chi connectivity index (χ0n) is 16.2. The van der Waals surface area contributed by atoms with Crippen LogP contribution in [0, 0.1) is 0 Å². The Hall–Kier alpha value is -1.94. The molecule has 0 aliphatic heterocycles. The van der Waals surface area contributed by atoms with Crippen molar-refractivity contribution < 1.29 is 4.42 Å². The van der Waals surface area contributed by atoms with Crippen LogP contribution in [0.3, 0.4) is 0 Å². The van der Waals surface area contributed by atoms with Crippen molar-refractivity contribution >= 4 is 15.9 Å². The highest BCUT2D eigenvalue weighted by molar-refractivity contribution is 9.10. The van der Waals surface area contributed by atoms with Crippen LogP contribution in [0.1, 0.15) is 52.7 Å². The second-order valence-electron chi connectivity index (χ2n) is 8.72. The van der Waals surface area contributed by atoms with Crippen molar-refractivity contribution in [3.05, 3.63) is 58.1 Å². The van der Waals surface area contributed by atoms with Crippen LogP contribution in [0.2, 0.25) is 0 Å². The van der Waals surface area contributed by atoms with E-state index in [-0.39, 0.29) is 10.8 Å². The molecular weight excluding hydrogens is 388 g/mol. The van der Waals surface area contributed by atoms with E-state index < -0.39 is 0 Å². The molecule has 4 heteroatoms. The number of hydrogen-bond donors (Lipinski definition) is 0. The highest BCUT2D eigenvalue weighted by Crippen LogP contribution is 2.34. The lowest BCUT2D eigenvalue weighted by Gasteiger charge is -2.25. The molecule has 0 aliphatic carbocycles. The second kappa shape index (κ2) is 6.66. The van der Waals surface area contributed by atoms with E-state index in [1.165, 1.54) is 11.1 Å². The van der Waals surface area contributed by atoms with E-state index in [9.17, 15) is 0 Å². The highest BCUT2D eigenvalue weighted by atomic mass is 79.9. The number of nitrogens with zero attached hydrogens (tertiary/aromatic N) is 2. The van der Waals surface area contributed by atoms with E-state index in [1.54, 1.807) is 0 Å². The summed E-state index contributed by atoms with van der Waals surface area (Å²) in [6.07, 6.45) is 0. The number of rotatable bonds is 2. The maximum atomic E-state index is 6.00. The van der Waals surface area contributed by atoms with Crippen molar-refractivity contribution in [3.8, 4) is 22.9 Å². The SMILES string of the molecule is CC(C)(C)c1cc(-c2nnc(-c3cccc(Br)c3)o2)cc(C(C)(C)C)c1. The molecule has 0 aliphatic rings. The molecule has 26 heavy (non-hydrogen) atoms. The summed E-state index contributed by atoms with van der Waals surface area (Å²) in [6, 6.07) is 14.5. The van der Waals surface area contributed by atoms with Gasteiger partial charge >= 0.3 is 0 Å². The summed E-state index contributed by atoms with van der Waals surface area (Å²) in [5.41, 5.74) is 4.49. The molecule has 0 saturated heterocycles. The molecule has 0 unspecified atom stereocenters. The van der Waals surface area contributed by atoms with E-state index in [0.717, 1.165) is 15.6 Å². The molecule has 0 saturated carbocycles. The molecule has 1 aromatic heterocycles. The first kappa shape index (κ1) is 18.8. The van der Waals surface area contributed by atoms with Gasteiger partial charge in [-0.2, -0.15) is 0 Å². The molecule has 136 valence electrons. The standard InChI is InChI=1S/C22H25BrN2O/c1-21(2,3)16-10-15(11-17(13-16)22(4,5)6)20-25-24-19(26-20)14-8-7-9-18(23)12-14/h7-13H,1-6H3. The van der Waals surface area contributed by atoms with Crippen LogP contribution in [-0.4, -0.2) is 10.2 Å². The van der Waals surface area contributed by atoms with Crippen LogP contribution >= 0.6 is 15.9 Å². The van der Waals surface area contributed by atoms with Crippen molar-refractivity contribution in [3.63, 3.8) is 0 Å². The molecule has 1 heterocycles. The zero-order chi connectivity index (χ0) is 19.1. The number of halogens is 1. The summed E-state index contributed by atoms with van der Waals surface area (Å²) in [6.45, 7) is 13.3. The fourth-order valence-electron chi connectivity index (χ4n) is 2.70. The van der Waals surface area contributed by atoms with Crippen LogP contribution in [0.5, 0.6) is 0 Å². The molecule has 0 spiro atoms. The third-order valence-corrected chi connectivity index (χ3v) is 4.90. The van der Waals surface area contributed by atoms with Gasteiger partial charge < -0.3 is 4.42 Å². The Balaban J connectivity index is 2.09. The Labute approximate surface area is 164 Å². The first-order valence-electron chi connectivity index (χ1n) is 8.80. The Bertz CT molecular complexity index is 898. The molecule has 0 bridgehead atoms. The zero-order valence-corrected chi connectivity index (χ0v) is 17.8. The van der Waals surface area contributed by atoms with Gasteiger partial charge in [0.15, 0.2) is 0 Å². The molecule has 0 N–H and O–H groups in total. The molecule has 3 rings (SSSR count). The Morgan fingerprint density at radius 2 is 1.27 bits per heavy atom. The molecule has 3 nitrogen and oxygen atoms in total. The topological polar surface area (TPSA) is 38.9 Å². The normalized spacial score (nSPS) is 12.4. The fourth-order valence-corrected chi connectivity index (χ4v) is 3.09. The Morgan fingerprint density at radius 3 is 1.77 bits per heavy atom. The molecule has 2 aromatic carbocycles. The van der Waals surface area contributed by atoms with Crippen molar-refractivity contribution in [1.82, 2.24) is 10.2 Å². The minimum atomic E-state index is 0.0448. The first-order chi connectivity index (χ1) is 12.0. The molecular formula is C22H25BrN2O. The van der Waals surface area contributed by atoms with E-state index in [1.807, 2.05) is 24.3 Å². The Morgan fingerprint density at radius 1 is 0.731 bits per heavy atom. The van der Waals surface area contributed by atoms with E-state index in [2.05, 4.69) is 85.9 Å². The van der Waals surface area contributed by atoms with Gasteiger partial charge in [0.1, 0.15) is 0 Å². The van der Waals surface area contributed by atoms with Gasteiger partial charge in [-0.3, -0.25) is 0 Å². The van der Waals surface area contributed by atoms with Crippen LogP contribution in [-0.2, 0) is 10.8 Å². The molecule has 0 radical (unpaired) electrons. The van der Waals surface area contributed by atoms with Gasteiger partial charge in [0, 0.05) is 15.6 Å². The summed E-state index contributed by atoms with van der Waals surface area (Å²) in [7, 11) is 0. The maximum absolute atomic E-state index is 6.00. The quantitative estimate of drug-likeness (QED) is 0.466. The van der Waals surface area contributed by atoms with Crippen LogP contribution in [0.15, 0.2) is 51.4 Å². The lowest BCUT2D eigenvalue weighted by molar-refractivity contribution is 0.564. The van der Waals surface area contributed by atoms with Gasteiger partial charge in [0.2, 0.25) is 11.8 Å². The van der Waals surface area contributed by atoms with Gasteiger partial charge in [0.05, 0.1) is 0 Å². The predicted molar refractivity (Wildman–Crippen MR) is 110 cm³/mol. The van der Waals surface area contributed by atoms with E-state index in [4.69, 9.17) is 4.42 Å². The molecule has 0 amide bonds. The largest absolute Gasteiger partial charge is 0.416 e. The van der Waals surface area contributed by atoms with Crippen LogP contribution in [0.25, 0.3) is 22.9 Å². The van der Waals surface area contributed by atoms with Crippen molar-refractivity contribution in [2.24, 2.45) is 0 Å². The third-order valence-electron chi connectivity index (χ3n) is 4.41. The highest BCUT2D eigenvalue weighted by Gasteiger charge is 2.22. The predicted octanol–water partition coefficient (Wildman–Crippen LogP) is 6.76. The monoisotopic (exact) mass is 412 g/mol. The molecule has 0 atom stereocenters. The lowest BCUT2D eigenvalue weighted by atomic mass is 9.79. The van der Waals surface area contributed by atoms with Gasteiger partial charge in [-0.05, 0) is 52.3 Å². The lowest BCUT2D eigenvalue weighted by Crippen LogP contribution is -2.16. The maximum Gasteiger partial charge on any atom is 0.248 e. The van der Waals surface area contributed by atoms with Crippen LogP contribution in [0.4, 0.5) is 0 Å². The second-order valence-corrected chi connectivity index (χ2v) is 9.64. The number of aromatic nitrogens is 2. The van der Waals surface area contributed by atoms with Crippen molar-refractivity contribution in [2.45, 2.75) is 52.4 Å². The van der Waals surface area contributed by atoms with Gasteiger partial charge in [0.25, 0.3) is 0 Å². The minimum Gasteiger partial charge on any atom is -0.416 e. The van der Waals surface area contributed by atoms with Gasteiger partial charge in [-0.25, -0.2) is 0 Å². The number of hydrogen-bond acceptors (Lipinski definition) is 3. The average Bonchev–Trinajstić information content (AvgIpc) is 3.03. The van der Waals surface area contributed by atoms with Gasteiger partial charge in [-0.15, -0.1) is 10.2 Å².